The highest BCUT2D eigenvalue weighted by molar-refractivity contribution is 6.03. The zero-order valence-corrected chi connectivity index (χ0v) is 8.48. The molecule has 0 saturated carbocycles. The van der Waals surface area contributed by atoms with Crippen LogP contribution in [0.25, 0.3) is 0 Å². The molecule has 6 heteroatoms. The third-order valence-electron chi connectivity index (χ3n) is 1.98. The van der Waals surface area contributed by atoms with Gasteiger partial charge in [0.1, 0.15) is 11.8 Å². The lowest BCUT2D eigenvalue weighted by atomic mass is 10.2. The maximum absolute atomic E-state index is 11.6. The van der Waals surface area contributed by atoms with Gasteiger partial charge in [0.15, 0.2) is 11.2 Å². The SMILES string of the molecule is Cc1cc(=O)c(C(=O)Nc2ccon2)c[nH]1. The third kappa shape index (κ3) is 2.00. The quantitative estimate of drug-likeness (QED) is 0.786. The second-order valence-corrected chi connectivity index (χ2v) is 3.23. The lowest BCUT2D eigenvalue weighted by molar-refractivity contribution is 0.102. The van der Waals surface area contributed by atoms with Gasteiger partial charge in [0.2, 0.25) is 0 Å². The molecule has 0 bridgehead atoms. The molecule has 16 heavy (non-hydrogen) atoms. The number of carbonyl (C=O) groups is 1. The number of amides is 1. The standard InChI is InChI=1S/C10H9N3O3/c1-6-4-8(14)7(5-11-6)10(15)12-9-2-3-16-13-9/h2-5H,1H3,(H,11,14)(H,12,13,15). The normalized spacial score (nSPS) is 10.1. The molecule has 1 amide bonds. The van der Waals surface area contributed by atoms with E-state index in [0.29, 0.717) is 5.69 Å². The summed E-state index contributed by atoms with van der Waals surface area (Å²) in [5, 5.41) is 5.94. The number of aromatic amines is 1. The molecule has 0 aromatic carbocycles. The molecule has 2 aromatic heterocycles. The molecule has 0 spiro atoms. The van der Waals surface area contributed by atoms with Crippen LogP contribution < -0.4 is 10.7 Å². The van der Waals surface area contributed by atoms with Gasteiger partial charge in [-0.1, -0.05) is 5.16 Å². The van der Waals surface area contributed by atoms with E-state index in [1.54, 1.807) is 6.92 Å². The summed E-state index contributed by atoms with van der Waals surface area (Å²) in [5.74, 6) is -0.250. The Hall–Kier alpha value is -2.37. The van der Waals surface area contributed by atoms with Crippen molar-refractivity contribution < 1.29 is 9.32 Å². The minimum atomic E-state index is -0.518. The zero-order valence-electron chi connectivity index (χ0n) is 8.48. The van der Waals surface area contributed by atoms with Gasteiger partial charge in [0, 0.05) is 24.0 Å². The fourth-order valence-corrected chi connectivity index (χ4v) is 1.21. The van der Waals surface area contributed by atoms with Crippen LogP contribution in [0.15, 0.2) is 33.9 Å². The van der Waals surface area contributed by atoms with Gasteiger partial charge in [-0.15, -0.1) is 0 Å². The van der Waals surface area contributed by atoms with Crippen molar-refractivity contribution in [1.82, 2.24) is 10.1 Å². The molecule has 0 atom stereocenters. The second-order valence-electron chi connectivity index (χ2n) is 3.23. The zero-order chi connectivity index (χ0) is 11.5. The lowest BCUT2D eigenvalue weighted by Crippen LogP contribution is -2.21. The Bertz CT molecular complexity index is 557. The minimum absolute atomic E-state index is 0.0357. The van der Waals surface area contributed by atoms with Crippen LogP contribution in [-0.2, 0) is 0 Å². The molecule has 0 aliphatic rings. The average Bonchev–Trinajstić information content (AvgIpc) is 2.70. The molecule has 2 N–H and O–H groups in total. The van der Waals surface area contributed by atoms with E-state index in [2.05, 4.69) is 20.0 Å². The Morgan fingerprint density at radius 3 is 3.00 bits per heavy atom. The minimum Gasteiger partial charge on any atom is -0.364 e. The molecule has 0 saturated heterocycles. The number of hydrogen-bond acceptors (Lipinski definition) is 4. The molecule has 0 aliphatic heterocycles. The molecule has 0 fully saturated rings. The van der Waals surface area contributed by atoms with Gasteiger partial charge in [0.05, 0.1) is 0 Å². The van der Waals surface area contributed by atoms with E-state index in [0.717, 1.165) is 0 Å². The number of nitrogens with zero attached hydrogens (tertiary/aromatic N) is 1. The van der Waals surface area contributed by atoms with Crippen LogP contribution in [-0.4, -0.2) is 16.0 Å². The van der Waals surface area contributed by atoms with E-state index >= 15 is 0 Å². The van der Waals surface area contributed by atoms with E-state index in [9.17, 15) is 9.59 Å². The molecule has 2 rings (SSSR count). The van der Waals surface area contributed by atoms with E-state index in [1.807, 2.05) is 0 Å². The Labute approximate surface area is 90.3 Å². The highest BCUT2D eigenvalue weighted by atomic mass is 16.5. The smallest absolute Gasteiger partial charge is 0.262 e. The summed E-state index contributed by atoms with van der Waals surface area (Å²) in [5.41, 5.74) is 0.397. The Morgan fingerprint density at radius 1 is 1.56 bits per heavy atom. The number of rotatable bonds is 2. The molecule has 0 radical (unpaired) electrons. The van der Waals surface area contributed by atoms with Gasteiger partial charge in [-0.2, -0.15) is 0 Å². The number of H-pyrrole nitrogens is 1. The summed E-state index contributed by atoms with van der Waals surface area (Å²) in [6.45, 7) is 1.74. The Morgan fingerprint density at radius 2 is 2.38 bits per heavy atom. The number of aryl methyl sites for hydroxylation is 1. The highest BCUT2D eigenvalue weighted by Gasteiger charge is 2.11. The molecule has 2 heterocycles. The summed E-state index contributed by atoms with van der Waals surface area (Å²) in [4.78, 5) is 25.9. The van der Waals surface area contributed by atoms with Crippen LogP contribution in [0.5, 0.6) is 0 Å². The van der Waals surface area contributed by atoms with Gasteiger partial charge in [-0.05, 0) is 6.92 Å². The van der Waals surface area contributed by atoms with Crippen molar-refractivity contribution in [2.75, 3.05) is 5.32 Å². The number of pyridine rings is 1. The third-order valence-corrected chi connectivity index (χ3v) is 1.98. The molecule has 0 aliphatic carbocycles. The van der Waals surface area contributed by atoms with Crippen molar-refractivity contribution >= 4 is 11.7 Å². The molecule has 6 nitrogen and oxygen atoms in total. The Kier molecular flexibility index (Phi) is 2.55. The molecular weight excluding hydrogens is 210 g/mol. The fourth-order valence-electron chi connectivity index (χ4n) is 1.21. The second kappa shape index (κ2) is 4.01. The monoisotopic (exact) mass is 219 g/mol. The van der Waals surface area contributed by atoms with Crippen LogP contribution in [0, 0.1) is 6.92 Å². The average molecular weight is 219 g/mol. The largest absolute Gasteiger partial charge is 0.364 e. The maximum Gasteiger partial charge on any atom is 0.262 e. The van der Waals surface area contributed by atoms with E-state index in [1.165, 1.54) is 24.6 Å². The summed E-state index contributed by atoms with van der Waals surface area (Å²) in [6, 6.07) is 2.85. The predicted molar refractivity (Wildman–Crippen MR) is 56.3 cm³/mol. The van der Waals surface area contributed by atoms with Crippen LogP contribution in [0.4, 0.5) is 5.82 Å². The van der Waals surface area contributed by atoms with Gasteiger partial charge < -0.3 is 14.8 Å². The first kappa shape index (κ1) is 10.2. The number of anilines is 1. The number of hydrogen-bond donors (Lipinski definition) is 2. The van der Waals surface area contributed by atoms with E-state index in [4.69, 9.17) is 0 Å². The first-order valence-electron chi connectivity index (χ1n) is 4.58. The number of nitrogens with one attached hydrogen (secondary N) is 2. The highest BCUT2D eigenvalue weighted by Crippen LogP contribution is 2.03. The molecular formula is C10H9N3O3. The molecule has 2 aromatic rings. The number of aromatic nitrogens is 2. The summed E-state index contributed by atoms with van der Waals surface area (Å²) in [7, 11) is 0. The van der Waals surface area contributed by atoms with Gasteiger partial charge in [-0.25, -0.2) is 0 Å². The van der Waals surface area contributed by atoms with Crippen LogP contribution in [0.3, 0.4) is 0 Å². The topological polar surface area (TPSA) is 88.0 Å². The molecule has 0 unspecified atom stereocenters. The Balaban J connectivity index is 2.25. The van der Waals surface area contributed by atoms with Crippen LogP contribution in [0.1, 0.15) is 16.1 Å². The fraction of sp³-hybridized carbons (Fsp3) is 0.100. The molecule has 82 valence electrons. The summed E-state index contributed by atoms with van der Waals surface area (Å²) >= 11 is 0. The van der Waals surface area contributed by atoms with E-state index in [-0.39, 0.29) is 16.8 Å². The van der Waals surface area contributed by atoms with Crippen molar-refractivity contribution in [3.63, 3.8) is 0 Å². The first-order chi connectivity index (χ1) is 7.66. The van der Waals surface area contributed by atoms with Gasteiger partial charge in [-0.3, -0.25) is 9.59 Å². The van der Waals surface area contributed by atoms with E-state index < -0.39 is 5.91 Å². The lowest BCUT2D eigenvalue weighted by Gasteiger charge is -2.00. The van der Waals surface area contributed by atoms with Crippen LogP contribution in [0.2, 0.25) is 0 Å². The predicted octanol–water partition coefficient (Wildman–Crippen LogP) is 0.924. The van der Waals surface area contributed by atoms with Gasteiger partial charge in [0.25, 0.3) is 5.91 Å². The van der Waals surface area contributed by atoms with Crippen molar-refractivity contribution in [2.24, 2.45) is 0 Å². The summed E-state index contributed by atoms with van der Waals surface area (Å²) in [6.07, 6.45) is 2.70. The van der Waals surface area contributed by atoms with Crippen molar-refractivity contribution in [3.05, 3.63) is 46.1 Å². The maximum atomic E-state index is 11.6. The van der Waals surface area contributed by atoms with Crippen molar-refractivity contribution in [1.29, 1.82) is 0 Å². The number of carbonyl (C=O) groups excluding carboxylic acids is 1. The van der Waals surface area contributed by atoms with Crippen molar-refractivity contribution in [2.45, 2.75) is 6.92 Å². The summed E-state index contributed by atoms with van der Waals surface area (Å²) < 4.78 is 4.55. The van der Waals surface area contributed by atoms with Crippen molar-refractivity contribution in [3.8, 4) is 0 Å². The first-order valence-corrected chi connectivity index (χ1v) is 4.58. The van der Waals surface area contributed by atoms with Gasteiger partial charge >= 0.3 is 0 Å². The van der Waals surface area contributed by atoms with Crippen LogP contribution >= 0.6 is 0 Å².